The molecule has 0 unspecified atom stereocenters. The first-order valence-electron chi connectivity index (χ1n) is 6.77. The predicted molar refractivity (Wildman–Crippen MR) is 84.1 cm³/mol. The fourth-order valence-electron chi connectivity index (χ4n) is 2.63. The second-order valence-electron chi connectivity index (χ2n) is 5.32. The largest absolute Gasteiger partial charge is 0.389 e. The molecule has 2 N–H and O–H groups in total. The van der Waals surface area contributed by atoms with E-state index in [1.807, 2.05) is 0 Å². The molecule has 1 aliphatic carbocycles. The Hall–Kier alpha value is -0.980. The number of hydrogen-bond donors (Lipinski definition) is 1. The van der Waals surface area contributed by atoms with E-state index in [4.69, 9.17) is 18.0 Å². The van der Waals surface area contributed by atoms with E-state index in [-0.39, 0.29) is 9.88 Å². The molecule has 1 saturated carbocycles. The Kier molecular flexibility index (Phi) is 4.78. The van der Waals surface area contributed by atoms with Crippen LogP contribution in [0.1, 0.15) is 31.2 Å². The van der Waals surface area contributed by atoms with Crippen LogP contribution in [0.15, 0.2) is 29.2 Å². The Balaban J connectivity index is 2.13. The third-order valence-corrected chi connectivity index (χ3v) is 5.91. The summed E-state index contributed by atoms with van der Waals surface area (Å²) in [6.07, 6.45) is 4.67. The normalized spacial score (nSPS) is 16.7. The Morgan fingerprint density at radius 2 is 1.85 bits per heavy atom. The minimum Gasteiger partial charge on any atom is -0.389 e. The molecular formula is C14H20N2O2S2. The van der Waals surface area contributed by atoms with Gasteiger partial charge in [-0.2, -0.15) is 0 Å². The van der Waals surface area contributed by atoms with E-state index in [1.54, 1.807) is 31.3 Å². The van der Waals surface area contributed by atoms with Gasteiger partial charge in [-0.15, -0.1) is 0 Å². The van der Waals surface area contributed by atoms with Gasteiger partial charge in [0.15, 0.2) is 0 Å². The maximum atomic E-state index is 12.5. The molecular weight excluding hydrogens is 292 g/mol. The standard InChI is InChI=1S/C14H20N2O2S2/c1-16(10-11-4-2-3-5-11)20(17,18)13-8-6-12(7-9-13)14(15)19/h6-9,11H,2-5,10H2,1H3,(H2,15,19). The predicted octanol–water partition coefficient (Wildman–Crippen LogP) is 2.13. The average molecular weight is 312 g/mol. The summed E-state index contributed by atoms with van der Waals surface area (Å²) in [5, 5.41) is 0. The van der Waals surface area contributed by atoms with Gasteiger partial charge in [0.05, 0.1) is 4.90 Å². The smallest absolute Gasteiger partial charge is 0.242 e. The quantitative estimate of drug-likeness (QED) is 0.846. The molecule has 0 heterocycles. The van der Waals surface area contributed by atoms with Crippen molar-refractivity contribution in [3.05, 3.63) is 29.8 Å². The fourth-order valence-corrected chi connectivity index (χ4v) is 4.01. The lowest BCUT2D eigenvalue weighted by Crippen LogP contribution is -2.31. The van der Waals surface area contributed by atoms with Gasteiger partial charge in [-0.25, -0.2) is 12.7 Å². The highest BCUT2D eigenvalue weighted by atomic mass is 32.2. The molecule has 1 fully saturated rings. The van der Waals surface area contributed by atoms with Crippen molar-refractivity contribution >= 4 is 27.2 Å². The number of nitrogens with two attached hydrogens (primary N) is 1. The van der Waals surface area contributed by atoms with Gasteiger partial charge in [0.2, 0.25) is 10.0 Å². The maximum absolute atomic E-state index is 12.5. The molecule has 0 aromatic heterocycles. The molecule has 4 nitrogen and oxygen atoms in total. The number of thiocarbonyl (C=S) groups is 1. The number of hydrogen-bond acceptors (Lipinski definition) is 3. The third kappa shape index (κ3) is 3.37. The van der Waals surface area contributed by atoms with E-state index in [1.165, 1.54) is 17.1 Å². The molecule has 0 radical (unpaired) electrons. The van der Waals surface area contributed by atoms with Crippen LogP contribution in [0, 0.1) is 5.92 Å². The summed E-state index contributed by atoms with van der Waals surface area (Å²) in [5.41, 5.74) is 6.19. The van der Waals surface area contributed by atoms with Crippen LogP contribution in [0.25, 0.3) is 0 Å². The second-order valence-corrected chi connectivity index (χ2v) is 7.81. The van der Waals surface area contributed by atoms with Crippen molar-refractivity contribution < 1.29 is 8.42 Å². The maximum Gasteiger partial charge on any atom is 0.242 e. The first-order valence-corrected chi connectivity index (χ1v) is 8.62. The summed E-state index contributed by atoms with van der Waals surface area (Å²) in [6, 6.07) is 6.43. The van der Waals surface area contributed by atoms with Gasteiger partial charge >= 0.3 is 0 Å². The molecule has 0 saturated heterocycles. The molecule has 0 atom stereocenters. The highest BCUT2D eigenvalue weighted by molar-refractivity contribution is 7.89. The lowest BCUT2D eigenvalue weighted by atomic mass is 10.1. The van der Waals surface area contributed by atoms with Crippen molar-refractivity contribution in [1.82, 2.24) is 4.31 Å². The van der Waals surface area contributed by atoms with Gasteiger partial charge in [0.1, 0.15) is 4.99 Å². The van der Waals surface area contributed by atoms with E-state index in [2.05, 4.69) is 0 Å². The van der Waals surface area contributed by atoms with Crippen molar-refractivity contribution in [2.45, 2.75) is 30.6 Å². The van der Waals surface area contributed by atoms with Gasteiger partial charge in [-0.1, -0.05) is 37.2 Å². The zero-order valence-electron chi connectivity index (χ0n) is 11.6. The molecule has 110 valence electrons. The molecule has 0 aliphatic heterocycles. The third-order valence-electron chi connectivity index (χ3n) is 3.84. The SMILES string of the molecule is CN(CC1CCCC1)S(=O)(=O)c1ccc(C(N)=S)cc1. The van der Waals surface area contributed by atoms with Crippen LogP contribution in [-0.2, 0) is 10.0 Å². The molecule has 0 bridgehead atoms. The van der Waals surface area contributed by atoms with Gasteiger partial charge in [-0.3, -0.25) is 0 Å². The van der Waals surface area contributed by atoms with Crippen molar-refractivity contribution in [2.24, 2.45) is 11.7 Å². The molecule has 0 spiro atoms. The van der Waals surface area contributed by atoms with E-state index in [0.29, 0.717) is 18.0 Å². The number of rotatable bonds is 5. The van der Waals surface area contributed by atoms with E-state index in [0.717, 1.165) is 12.8 Å². The van der Waals surface area contributed by atoms with Gasteiger partial charge in [0.25, 0.3) is 0 Å². The van der Waals surface area contributed by atoms with Gasteiger partial charge in [0, 0.05) is 19.2 Å². The first kappa shape index (κ1) is 15.4. The first-order chi connectivity index (χ1) is 9.41. The number of benzene rings is 1. The van der Waals surface area contributed by atoms with Gasteiger partial charge in [-0.05, 0) is 30.9 Å². The Morgan fingerprint density at radius 1 is 1.30 bits per heavy atom. The van der Waals surface area contributed by atoms with Crippen LogP contribution >= 0.6 is 12.2 Å². The van der Waals surface area contributed by atoms with E-state index in [9.17, 15) is 8.42 Å². The van der Waals surface area contributed by atoms with Crippen LogP contribution in [0.5, 0.6) is 0 Å². The molecule has 1 aromatic rings. The van der Waals surface area contributed by atoms with E-state index < -0.39 is 10.0 Å². The Bertz CT molecular complexity index is 576. The minimum atomic E-state index is -3.42. The second kappa shape index (κ2) is 6.20. The van der Waals surface area contributed by atoms with Crippen LogP contribution in [0.3, 0.4) is 0 Å². The Labute approximate surface area is 126 Å². The molecule has 1 aliphatic rings. The summed E-state index contributed by atoms with van der Waals surface area (Å²) in [7, 11) is -1.77. The summed E-state index contributed by atoms with van der Waals surface area (Å²) in [6.45, 7) is 0.597. The molecule has 0 amide bonds. The lowest BCUT2D eigenvalue weighted by Gasteiger charge is -2.20. The van der Waals surface area contributed by atoms with Crippen molar-refractivity contribution in [3.8, 4) is 0 Å². The fraction of sp³-hybridized carbons (Fsp3) is 0.500. The van der Waals surface area contributed by atoms with Crippen molar-refractivity contribution in [2.75, 3.05) is 13.6 Å². The Morgan fingerprint density at radius 3 is 2.35 bits per heavy atom. The van der Waals surface area contributed by atoms with Crippen LogP contribution in [-0.4, -0.2) is 31.3 Å². The molecule has 20 heavy (non-hydrogen) atoms. The van der Waals surface area contributed by atoms with Crippen LogP contribution in [0.2, 0.25) is 0 Å². The highest BCUT2D eigenvalue weighted by Crippen LogP contribution is 2.27. The molecule has 2 rings (SSSR count). The molecule has 1 aromatic carbocycles. The zero-order valence-corrected chi connectivity index (χ0v) is 13.2. The summed E-state index contributed by atoms with van der Waals surface area (Å²) in [4.78, 5) is 0.561. The summed E-state index contributed by atoms with van der Waals surface area (Å²) in [5.74, 6) is 0.491. The zero-order chi connectivity index (χ0) is 14.8. The molecule has 6 heteroatoms. The van der Waals surface area contributed by atoms with Crippen molar-refractivity contribution in [3.63, 3.8) is 0 Å². The van der Waals surface area contributed by atoms with Gasteiger partial charge < -0.3 is 5.73 Å². The topological polar surface area (TPSA) is 63.4 Å². The summed E-state index contributed by atoms with van der Waals surface area (Å²) < 4.78 is 26.4. The number of sulfonamides is 1. The monoisotopic (exact) mass is 312 g/mol. The minimum absolute atomic E-state index is 0.272. The average Bonchev–Trinajstić information content (AvgIpc) is 2.91. The van der Waals surface area contributed by atoms with Crippen molar-refractivity contribution in [1.29, 1.82) is 0 Å². The summed E-state index contributed by atoms with van der Waals surface area (Å²) >= 11 is 4.86. The lowest BCUT2D eigenvalue weighted by molar-refractivity contribution is 0.387. The number of nitrogens with zero attached hydrogens (tertiary/aromatic N) is 1. The van der Waals surface area contributed by atoms with Crippen LogP contribution < -0.4 is 5.73 Å². The van der Waals surface area contributed by atoms with Crippen LogP contribution in [0.4, 0.5) is 0 Å². The highest BCUT2D eigenvalue weighted by Gasteiger charge is 2.25. The van der Waals surface area contributed by atoms with E-state index >= 15 is 0 Å².